The third-order valence-corrected chi connectivity index (χ3v) is 3.50. The van der Waals surface area contributed by atoms with Gasteiger partial charge in [0, 0.05) is 23.2 Å². The number of nitrogens with zero attached hydrogens (tertiary/aromatic N) is 1. The molecule has 3 nitrogen and oxygen atoms in total. The maximum Gasteiger partial charge on any atom is 0.218 e. The lowest BCUT2D eigenvalue weighted by atomic mass is 10.2. The third kappa shape index (κ3) is 4.65. The van der Waals surface area contributed by atoms with Crippen LogP contribution in [0.5, 0.6) is 5.88 Å². The van der Waals surface area contributed by atoms with Crippen molar-refractivity contribution in [2.75, 3.05) is 6.54 Å². The highest BCUT2D eigenvalue weighted by Gasteiger charge is 2.05. The lowest BCUT2D eigenvalue weighted by molar-refractivity contribution is 0.292. The van der Waals surface area contributed by atoms with E-state index in [1.54, 1.807) is 17.5 Å². The number of aromatic nitrogens is 1. The summed E-state index contributed by atoms with van der Waals surface area (Å²) in [6.45, 7) is 6.78. The van der Waals surface area contributed by atoms with Gasteiger partial charge in [-0.3, -0.25) is 0 Å². The van der Waals surface area contributed by atoms with Gasteiger partial charge in [0.25, 0.3) is 0 Å². The smallest absolute Gasteiger partial charge is 0.218 e. The molecule has 0 saturated carbocycles. The molecular formula is C15H20N2OS. The normalized spacial score (nSPS) is 10.9. The first-order chi connectivity index (χ1) is 9.25. The van der Waals surface area contributed by atoms with Crippen molar-refractivity contribution >= 4 is 11.3 Å². The van der Waals surface area contributed by atoms with Crippen LogP contribution in [0.1, 0.15) is 24.3 Å². The lowest BCUT2D eigenvalue weighted by Crippen LogP contribution is -2.19. The highest BCUT2D eigenvalue weighted by atomic mass is 32.1. The van der Waals surface area contributed by atoms with E-state index in [1.807, 2.05) is 12.1 Å². The van der Waals surface area contributed by atoms with Crippen molar-refractivity contribution in [3.05, 3.63) is 46.3 Å². The molecule has 0 bridgehead atoms. The molecule has 4 heteroatoms. The van der Waals surface area contributed by atoms with Crippen LogP contribution in [-0.2, 0) is 13.2 Å². The number of hydrogen-bond donors (Lipinski definition) is 1. The van der Waals surface area contributed by atoms with Gasteiger partial charge in [-0.1, -0.05) is 26.0 Å². The molecule has 0 aliphatic carbocycles. The average molecular weight is 276 g/mol. The molecule has 102 valence electrons. The van der Waals surface area contributed by atoms with Crippen molar-refractivity contribution in [2.24, 2.45) is 5.92 Å². The summed E-state index contributed by atoms with van der Waals surface area (Å²) >= 11 is 1.70. The van der Waals surface area contributed by atoms with E-state index in [2.05, 4.69) is 41.7 Å². The van der Waals surface area contributed by atoms with E-state index in [0.29, 0.717) is 12.5 Å². The summed E-state index contributed by atoms with van der Waals surface area (Å²) in [5.41, 5.74) is 1.11. The fourth-order valence-electron chi connectivity index (χ4n) is 1.72. The minimum absolute atomic E-state index is 0.589. The van der Waals surface area contributed by atoms with Crippen molar-refractivity contribution in [2.45, 2.75) is 27.0 Å². The molecule has 0 aliphatic rings. The Morgan fingerprint density at radius 3 is 2.95 bits per heavy atom. The van der Waals surface area contributed by atoms with Gasteiger partial charge in [-0.25, -0.2) is 4.98 Å². The van der Waals surface area contributed by atoms with Gasteiger partial charge in [-0.2, -0.15) is 0 Å². The Hall–Kier alpha value is -1.39. The Kier molecular flexibility index (Phi) is 5.36. The molecule has 0 atom stereocenters. The van der Waals surface area contributed by atoms with Crippen molar-refractivity contribution < 1.29 is 4.74 Å². The fourth-order valence-corrected chi connectivity index (χ4v) is 2.33. The lowest BCUT2D eigenvalue weighted by Gasteiger charge is -2.11. The molecule has 0 aliphatic heterocycles. The highest BCUT2D eigenvalue weighted by molar-refractivity contribution is 7.09. The number of hydrogen-bond acceptors (Lipinski definition) is 4. The number of nitrogens with one attached hydrogen (secondary N) is 1. The molecule has 0 saturated heterocycles. The van der Waals surface area contributed by atoms with Crippen molar-refractivity contribution in [3.63, 3.8) is 0 Å². The molecule has 2 aromatic heterocycles. The Labute approximate surface area is 118 Å². The summed E-state index contributed by atoms with van der Waals surface area (Å²) < 4.78 is 5.80. The van der Waals surface area contributed by atoms with E-state index in [0.717, 1.165) is 24.5 Å². The van der Waals surface area contributed by atoms with Gasteiger partial charge in [0.2, 0.25) is 5.88 Å². The molecule has 0 spiro atoms. The predicted molar refractivity (Wildman–Crippen MR) is 79.4 cm³/mol. The summed E-state index contributed by atoms with van der Waals surface area (Å²) in [5.74, 6) is 1.37. The quantitative estimate of drug-likeness (QED) is 0.841. The van der Waals surface area contributed by atoms with Gasteiger partial charge in [-0.05, 0) is 30.0 Å². The molecule has 0 radical (unpaired) electrons. The first-order valence-corrected chi connectivity index (χ1v) is 7.43. The minimum Gasteiger partial charge on any atom is -0.472 e. The molecule has 0 fully saturated rings. The first-order valence-electron chi connectivity index (χ1n) is 6.55. The molecule has 0 aromatic carbocycles. The van der Waals surface area contributed by atoms with E-state index in [4.69, 9.17) is 4.74 Å². The molecule has 2 aromatic rings. The molecular weight excluding hydrogens is 256 g/mol. The predicted octanol–water partition coefficient (Wildman–Crippen LogP) is 3.47. The van der Waals surface area contributed by atoms with Crippen molar-refractivity contribution in [1.82, 2.24) is 10.3 Å². The van der Waals surface area contributed by atoms with Crippen LogP contribution in [-0.4, -0.2) is 11.5 Å². The van der Waals surface area contributed by atoms with Crippen LogP contribution in [0, 0.1) is 5.92 Å². The van der Waals surface area contributed by atoms with Crippen LogP contribution in [0.25, 0.3) is 0 Å². The third-order valence-electron chi connectivity index (χ3n) is 2.65. The van der Waals surface area contributed by atoms with Crippen molar-refractivity contribution in [3.8, 4) is 5.88 Å². The Morgan fingerprint density at radius 2 is 2.21 bits per heavy atom. The minimum atomic E-state index is 0.589. The van der Waals surface area contributed by atoms with Gasteiger partial charge in [0.1, 0.15) is 6.61 Å². The molecule has 2 heterocycles. The molecule has 2 rings (SSSR count). The second-order valence-electron chi connectivity index (χ2n) is 4.86. The zero-order valence-corrected chi connectivity index (χ0v) is 12.2. The Balaban J connectivity index is 1.92. The SMILES string of the molecule is CC(C)CNCc1cccnc1OCc1cccs1. The van der Waals surface area contributed by atoms with Crippen LogP contribution >= 0.6 is 11.3 Å². The monoisotopic (exact) mass is 276 g/mol. The Bertz CT molecular complexity index is 483. The topological polar surface area (TPSA) is 34.2 Å². The summed E-state index contributed by atoms with van der Waals surface area (Å²) in [6.07, 6.45) is 1.77. The summed E-state index contributed by atoms with van der Waals surface area (Å²) in [5, 5.41) is 5.48. The van der Waals surface area contributed by atoms with E-state index in [1.165, 1.54) is 4.88 Å². The fraction of sp³-hybridized carbons (Fsp3) is 0.400. The van der Waals surface area contributed by atoms with Gasteiger partial charge in [-0.15, -0.1) is 11.3 Å². The molecule has 1 N–H and O–H groups in total. The summed E-state index contributed by atoms with van der Waals surface area (Å²) in [4.78, 5) is 5.53. The number of pyridine rings is 1. The zero-order valence-electron chi connectivity index (χ0n) is 11.4. The second kappa shape index (κ2) is 7.26. The van der Waals surface area contributed by atoms with Crippen LogP contribution < -0.4 is 10.1 Å². The molecule has 19 heavy (non-hydrogen) atoms. The van der Waals surface area contributed by atoms with Crippen LogP contribution in [0.2, 0.25) is 0 Å². The van der Waals surface area contributed by atoms with Crippen LogP contribution in [0.4, 0.5) is 0 Å². The van der Waals surface area contributed by atoms with E-state index in [-0.39, 0.29) is 0 Å². The first kappa shape index (κ1) is 14.0. The van der Waals surface area contributed by atoms with Gasteiger partial charge < -0.3 is 10.1 Å². The van der Waals surface area contributed by atoms with Crippen LogP contribution in [0.15, 0.2) is 35.8 Å². The van der Waals surface area contributed by atoms with E-state index >= 15 is 0 Å². The number of rotatable bonds is 7. The van der Waals surface area contributed by atoms with E-state index < -0.39 is 0 Å². The second-order valence-corrected chi connectivity index (χ2v) is 5.89. The maximum atomic E-state index is 5.80. The molecule has 0 unspecified atom stereocenters. The molecule has 0 amide bonds. The summed E-state index contributed by atoms with van der Waals surface area (Å²) in [7, 11) is 0. The number of ether oxygens (including phenoxy) is 1. The highest BCUT2D eigenvalue weighted by Crippen LogP contribution is 2.17. The summed E-state index contributed by atoms with van der Waals surface area (Å²) in [6, 6.07) is 8.12. The standard InChI is InChI=1S/C15H20N2OS/c1-12(2)9-16-10-13-5-3-7-17-15(13)18-11-14-6-4-8-19-14/h3-8,12,16H,9-11H2,1-2H3. The van der Waals surface area contributed by atoms with Crippen LogP contribution in [0.3, 0.4) is 0 Å². The average Bonchev–Trinajstić information content (AvgIpc) is 2.90. The van der Waals surface area contributed by atoms with E-state index in [9.17, 15) is 0 Å². The number of thiophene rings is 1. The van der Waals surface area contributed by atoms with Gasteiger partial charge in [0.15, 0.2) is 0 Å². The zero-order chi connectivity index (χ0) is 13.5. The Morgan fingerprint density at radius 1 is 1.32 bits per heavy atom. The van der Waals surface area contributed by atoms with Crippen molar-refractivity contribution in [1.29, 1.82) is 0 Å². The van der Waals surface area contributed by atoms with Gasteiger partial charge >= 0.3 is 0 Å². The van der Waals surface area contributed by atoms with Gasteiger partial charge in [0.05, 0.1) is 0 Å². The maximum absolute atomic E-state index is 5.80. The largest absolute Gasteiger partial charge is 0.472 e.